The lowest BCUT2D eigenvalue weighted by Gasteiger charge is -1.96. The fourth-order valence-electron chi connectivity index (χ4n) is 1.08. The van der Waals surface area contributed by atoms with Crippen LogP contribution < -0.4 is 0 Å². The maximum atomic E-state index is 13.0. The second kappa shape index (κ2) is 2.64. The summed E-state index contributed by atoms with van der Waals surface area (Å²) in [5, 5.41) is 11.3. The number of halogens is 1. The number of hydrogen-bond donors (Lipinski definition) is 2. The quantitative estimate of drug-likeness (QED) is 0.626. The maximum Gasteiger partial charge on any atom is 0.141 e. The van der Waals surface area contributed by atoms with E-state index in [2.05, 4.69) is 12.6 Å². The second-order valence-corrected chi connectivity index (χ2v) is 3.75. The fraction of sp³-hybridized carbons (Fsp3) is 0. The van der Waals surface area contributed by atoms with E-state index in [-0.39, 0.29) is 11.6 Å². The Kier molecular flexibility index (Phi) is 1.73. The first-order chi connectivity index (χ1) is 5.70. The second-order valence-electron chi connectivity index (χ2n) is 2.39. The molecule has 0 unspecified atom stereocenters. The Labute approximate surface area is 77.9 Å². The third-order valence-corrected chi connectivity index (χ3v) is 2.98. The molecule has 1 N–H and O–H groups in total. The van der Waals surface area contributed by atoms with Crippen LogP contribution in [0.3, 0.4) is 0 Å². The van der Waals surface area contributed by atoms with Gasteiger partial charge in [0.15, 0.2) is 0 Å². The fourth-order valence-corrected chi connectivity index (χ4v) is 2.32. The molecule has 2 aromatic rings. The third kappa shape index (κ3) is 0.990. The predicted octanol–water partition coefficient (Wildman–Crippen LogP) is 3.03. The van der Waals surface area contributed by atoms with E-state index in [1.165, 1.54) is 28.8 Å². The zero-order valence-electron chi connectivity index (χ0n) is 5.91. The predicted molar refractivity (Wildman–Crippen MR) is 50.7 cm³/mol. The minimum atomic E-state index is -0.312. The number of fused-ring (bicyclic) bond motifs is 1. The minimum Gasteiger partial charge on any atom is -0.506 e. The highest BCUT2D eigenvalue weighted by Crippen LogP contribution is 2.36. The van der Waals surface area contributed by atoms with Crippen LogP contribution in [0.5, 0.6) is 5.75 Å². The van der Waals surface area contributed by atoms with Crippen LogP contribution >= 0.6 is 24.0 Å². The van der Waals surface area contributed by atoms with Gasteiger partial charge >= 0.3 is 0 Å². The highest BCUT2D eigenvalue weighted by molar-refractivity contribution is 7.80. The molecule has 0 radical (unpaired) electrons. The first-order valence-corrected chi connectivity index (χ1v) is 4.60. The van der Waals surface area contributed by atoms with Gasteiger partial charge in [0.2, 0.25) is 0 Å². The molecule has 0 aliphatic rings. The van der Waals surface area contributed by atoms with Crippen molar-refractivity contribution < 1.29 is 9.50 Å². The van der Waals surface area contributed by atoms with Crippen molar-refractivity contribution in [2.75, 3.05) is 0 Å². The molecule has 0 saturated heterocycles. The summed E-state index contributed by atoms with van der Waals surface area (Å²) in [6.45, 7) is 0. The SMILES string of the molecule is Oc1csc2c(F)ccc(S)c12. The lowest BCUT2D eigenvalue weighted by Crippen LogP contribution is -1.74. The summed E-state index contributed by atoms with van der Waals surface area (Å²) in [5.74, 6) is -0.215. The van der Waals surface area contributed by atoms with E-state index in [1.54, 1.807) is 0 Å². The largest absolute Gasteiger partial charge is 0.506 e. The van der Waals surface area contributed by atoms with Gasteiger partial charge in [-0.3, -0.25) is 0 Å². The summed E-state index contributed by atoms with van der Waals surface area (Å²) >= 11 is 5.29. The molecule has 0 bridgehead atoms. The molecule has 1 aromatic heterocycles. The van der Waals surface area contributed by atoms with Gasteiger partial charge < -0.3 is 5.11 Å². The monoisotopic (exact) mass is 200 g/mol. The highest BCUT2D eigenvalue weighted by Gasteiger charge is 2.09. The van der Waals surface area contributed by atoms with E-state index in [1.807, 2.05) is 0 Å². The molecule has 0 amide bonds. The van der Waals surface area contributed by atoms with Crippen LogP contribution in [-0.4, -0.2) is 5.11 Å². The van der Waals surface area contributed by atoms with Crippen LogP contribution in [0.15, 0.2) is 22.4 Å². The Morgan fingerprint density at radius 2 is 2.17 bits per heavy atom. The van der Waals surface area contributed by atoms with Gasteiger partial charge in [0.05, 0.1) is 10.1 Å². The van der Waals surface area contributed by atoms with Gasteiger partial charge in [-0.2, -0.15) is 0 Å². The Morgan fingerprint density at radius 3 is 2.83 bits per heavy atom. The van der Waals surface area contributed by atoms with Crippen LogP contribution in [0, 0.1) is 5.82 Å². The molecule has 2 rings (SSSR count). The molecule has 62 valence electrons. The molecule has 0 aliphatic carbocycles. The molecule has 4 heteroatoms. The average Bonchev–Trinajstić information content (AvgIpc) is 2.42. The van der Waals surface area contributed by atoms with Crippen molar-refractivity contribution in [3.63, 3.8) is 0 Å². The molecule has 0 saturated carbocycles. The van der Waals surface area contributed by atoms with E-state index in [4.69, 9.17) is 0 Å². The summed E-state index contributed by atoms with van der Waals surface area (Å²) in [7, 11) is 0. The van der Waals surface area contributed by atoms with Crippen LogP contribution in [0.4, 0.5) is 4.39 Å². The number of thiol groups is 1. The Hall–Kier alpha value is -0.740. The average molecular weight is 200 g/mol. The molecular formula is C8H5FOS2. The van der Waals surface area contributed by atoms with Crippen molar-refractivity contribution in [2.45, 2.75) is 4.90 Å². The Bertz CT molecular complexity index is 436. The van der Waals surface area contributed by atoms with Crippen molar-refractivity contribution in [1.29, 1.82) is 0 Å². The molecule has 0 aliphatic heterocycles. The van der Waals surface area contributed by atoms with E-state index in [9.17, 15) is 9.50 Å². The zero-order valence-corrected chi connectivity index (χ0v) is 7.62. The zero-order chi connectivity index (χ0) is 8.72. The normalized spacial score (nSPS) is 10.8. The maximum absolute atomic E-state index is 13.0. The van der Waals surface area contributed by atoms with Crippen molar-refractivity contribution in [3.8, 4) is 5.75 Å². The lowest BCUT2D eigenvalue weighted by molar-refractivity contribution is 0.483. The number of rotatable bonds is 0. The van der Waals surface area contributed by atoms with Crippen molar-refractivity contribution in [2.24, 2.45) is 0 Å². The summed E-state index contributed by atoms with van der Waals surface area (Å²) in [4.78, 5) is 0.602. The van der Waals surface area contributed by atoms with Gasteiger partial charge in [-0.25, -0.2) is 4.39 Å². The van der Waals surface area contributed by atoms with Crippen LogP contribution in [0.1, 0.15) is 0 Å². The number of thiophene rings is 1. The van der Waals surface area contributed by atoms with Gasteiger partial charge in [0.1, 0.15) is 11.6 Å². The van der Waals surface area contributed by atoms with Gasteiger partial charge in [0.25, 0.3) is 0 Å². The number of benzene rings is 1. The molecule has 0 spiro atoms. The Morgan fingerprint density at radius 1 is 1.42 bits per heavy atom. The summed E-state index contributed by atoms with van der Waals surface area (Å²) in [6.07, 6.45) is 0. The molecular weight excluding hydrogens is 195 g/mol. The first-order valence-electron chi connectivity index (χ1n) is 3.28. The first kappa shape index (κ1) is 7.89. The molecule has 1 nitrogen and oxygen atoms in total. The van der Waals surface area contributed by atoms with Gasteiger partial charge in [-0.1, -0.05) is 0 Å². The molecule has 0 fully saturated rings. The summed E-state index contributed by atoms with van der Waals surface area (Å²) < 4.78 is 13.5. The van der Waals surface area contributed by atoms with Gasteiger partial charge in [0, 0.05) is 10.3 Å². The minimum absolute atomic E-state index is 0.0968. The van der Waals surface area contributed by atoms with E-state index >= 15 is 0 Å². The van der Waals surface area contributed by atoms with Crippen LogP contribution in [0.2, 0.25) is 0 Å². The molecule has 1 heterocycles. The molecule has 0 atom stereocenters. The lowest BCUT2D eigenvalue weighted by atomic mass is 10.2. The van der Waals surface area contributed by atoms with Crippen LogP contribution in [0.25, 0.3) is 10.1 Å². The Balaban J connectivity index is 2.98. The summed E-state index contributed by atoms with van der Waals surface area (Å²) in [6, 6.07) is 2.88. The van der Waals surface area contributed by atoms with Crippen molar-refractivity contribution in [3.05, 3.63) is 23.3 Å². The van der Waals surface area contributed by atoms with Crippen LogP contribution in [-0.2, 0) is 0 Å². The smallest absolute Gasteiger partial charge is 0.141 e. The van der Waals surface area contributed by atoms with E-state index in [0.29, 0.717) is 15.0 Å². The topological polar surface area (TPSA) is 20.2 Å². The van der Waals surface area contributed by atoms with Gasteiger partial charge in [-0.05, 0) is 12.1 Å². The third-order valence-electron chi connectivity index (χ3n) is 1.63. The van der Waals surface area contributed by atoms with E-state index in [0.717, 1.165) is 0 Å². The molecule has 12 heavy (non-hydrogen) atoms. The molecule has 1 aromatic carbocycles. The van der Waals surface area contributed by atoms with Crippen molar-refractivity contribution in [1.82, 2.24) is 0 Å². The van der Waals surface area contributed by atoms with Crippen molar-refractivity contribution >= 4 is 34.1 Å². The number of aromatic hydroxyl groups is 1. The van der Waals surface area contributed by atoms with E-state index < -0.39 is 0 Å². The highest BCUT2D eigenvalue weighted by atomic mass is 32.1. The number of hydrogen-bond acceptors (Lipinski definition) is 3. The van der Waals surface area contributed by atoms with Gasteiger partial charge in [-0.15, -0.1) is 24.0 Å². The standard InChI is InChI=1S/C8H5FOS2/c9-4-1-2-6(11)7-5(10)3-12-8(4)7/h1-3,10-11H. The summed E-state index contributed by atoms with van der Waals surface area (Å²) in [5.41, 5.74) is 0.